The van der Waals surface area contributed by atoms with Crippen LogP contribution in [0.4, 0.5) is 0 Å². The van der Waals surface area contributed by atoms with Crippen molar-refractivity contribution in [2.75, 3.05) is 13.6 Å². The summed E-state index contributed by atoms with van der Waals surface area (Å²) >= 11 is 0. The fraction of sp³-hybridized carbons (Fsp3) is 0.444. The monoisotopic (exact) mass is 257 g/mol. The van der Waals surface area contributed by atoms with E-state index < -0.39 is 0 Å². The average molecular weight is 257 g/mol. The first-order chi connectivity index (χ1) is 9.26. The van der Waals surface area contributed by atoms with Crippen LogP contribution in [0.15, 0.2) is 42.5 Å². The van der Waals surface area contributed by atoms with Gasteiger partial charge in [0.05, 0.1) is 0 Å². The smallest absolute Gasteiger partial charge is 0.0208 e. The molecular weight excluding hydrogens is 230 g/mol. The minimum atomic E-state index is 0.696. The summed E-state index contributed by atoms with van der Waals surface area (Å²) in [6, 6.07) is 9.07. The quantitative estimate of drug-likeness (QED) is 0.694. The minimum absolute atomic E-state index is 0.696. The van der Waals surface area contributed by atoms with Crippen LogP contribution >= 0.6 is 0 Å². The van der Waals surface area contributed by atoms with Crippen molar-refractivity contribution in [3.63, 3.8) is 0 Å². The van der Waals surface area contributed by atoms with Gasteiger partial charge in [-0.05, 0) is 49.4 Å². The van der Waals surface area contributed by atoms with Crippen LogP contribution in [0.3, 0.4) is 0 Å². The number of rotatable bonds is 7. The molecule has 0 heterocycles. The van der Waals surface area contributed by atoms with Crippen LogP contribution in [0.5, 0.6) is 0 Å². The summed E-state index contributed by atoms with van der Waals surface area (Å²) in [7, 11) is 1.99. The lowest BCUT2D eigenvalue weighted by Crippen LogP contribution is -2.09. The van der Waals surface area contributed by atoms with Crippen molar-refractivity contribution in [2.45, 2.75) is 39.5 Å². The lowest BCUT2D eigenvalue weighted by Gasteiger charge is -2.14. The van der Waals surface area contributed by atoms with Crippen molar-refractivity contribution in [3.05, 3.63) is 53.6 Å². The molecule has 0 bridgehead atoms. The number of allylic oxidation sites excluding steroid dienone is 3. The molecule has 1 aromatic rings. The van der Waals surface area contributed by atoms with Crippen LogP contribution in [0.25, 0.3) is 5.57 Å². The van der Waals surface area contributed by atoms with Gasteiger partial charge in [0.1, 0.15) is 0 Å². The molecule has 19 heavy (non-hydrogen) atoms. The van der Waals surface area contributed by atoms with E-state index >= 15 is 0 Å². The van der Waals surface area contributed by atoms with Gasteiger partial charge in [-0.2, -0.15) is 0 Å². The summed E-state index contributed by atoms with van der Waals surface area (Å²) < 4.78 is 0. The van der Waals surface area contributed by atoms with Crippen molar-refractivity contribution >= 4 is 5.57 Å². The Morgan fingerprint density at radius 1 is 1.16 bits per heavy atom. The molecule has 104 valence electrons. The van der Waals surface area contributed by atoms with Crippen LogP contribution in [0, 0.1) is 0 Å². The first-order valence-corrected chi connectivity index (χ1v) is 7.33. The molecule has 0 aliphatic heterocycles. The molecule has 0 amide bonds. The summed E-state index contributed by atoms with van der Waals surface area (Å²) in [4.78, 5) is 0. The molecule has 0 spiro atoms. The first kappa shape index (κ1) is 15.7. The third kappa shape index (κ3) is 4.68. The second-order valence-electron chi connectivity index (χ2n) is 4.88. The Bertz CT molecular complexity index is 408. The van der Waals surface area contributed by atoms with E-state index in [4.69, 9.17) is 0 Å². The Morgan fingerprint density at radius 3 is 2.26 bits per heavy atom. The van der Waals surface area contributed by atoms with Gasteiger partial charge in [-0.1, -0.05) is 56.3 Å². The molecule has 0 aliphatic carbocycles. The van der Waals surface area contributed by atoms with Crippen molar-refractivity contribution in [3.8, 4) is 0 Å². The van der Waals surface area contributed by atoms with E-state index in [-0.39, 0.29) is 0 Å². The highest BCUT2D eigenvalue weighted by atomic mass is 14.8. The molecule has 1 nitrogen and oxygen atoms in total. The highest BCUT2D eigenvalue weighted by Gasteiger charge is 2.07. The van der Waals surface area contributed by atoms with Crippen LogP contribution in [-0.2, 0) is 0 Å². The van der Waals surface area contributed by atoms with Crippen LogP contribution in [-0.4, -0.2) is 13.6 Å². The van der Waals surface area contributed by atoms with Gasteiger partial charge in [0.15, 0.2) is 0 Å². The maximum absolute atomic E-state index is 3.23. The highest BCUT2D eigenvalue weighted by Crippen LogP contribution is 2.24. The number of hydrogen-bond donors (Lipinski definition) is 1. The van der Waals surface area contributed by atoms with Crippen LogP contribution in [0.2, 0.25) is 0 Å². The van der Waals surface area contributed by atoms with Gasteiger partial charge in [0, 0.05) is 6.54 Å². The molecule has 0 saturated carbocycles. The molecule has 0 radical (unpaired) electrons. The van der Waals surface area contributed by atoms with E-state index in [1.807, 2.05) is 14.0 Å². The van der Waals surface area contributed by atoms with Gasteiger partial charge in [-0.3, -0.25) is 0 Å². The third-order valence-electron chi connectivity index (χ3n) is 3.60. The van der Waals surface area contributed by atoms with Gasteiger partial charge in [-0.25, -0.2) is 0 Å². The molecule has 0 unspecified atom stereocenters. The second kappa shape index (κ2) is 8.71. The lowest BCUT2D eigenvalue weighted by molar-refractivity contribution is 0.642. The molecule has 1 heteroatoms. The zero-order chi connectivity index (χ0) is 14.1. The summed E-state index contributed by atoms with van der Waals surface area (Å²) in [5.74, 6) is 0.696. The fourth-order valence-electron chi connectivity index (χ4n) is 2.39. The largest absolute Gasteiger partial charge is 0.316 e. The molecule has 1 aromatic carbocycles. The zero-order valence-electron chi connectivity index (χ0n) is 12.7. The van der Waals surface area contributed by atoms with Crippen molar-refractivity contribution in [2.24, 2.45) is 0 Å². The number of benzene rings is 1. The molecule has 1 N–H and O–H groups in total. The lowest BCUT2D eigenvalue weighted by atomic mass is 9.92. The predicted molar refractivity (Wildman–Crippen MR) is 86.5 cm³/mol. The molecule has 0 aliphatic rings. The molecule has 0 aromatic heterocycles. The summed E-state index contributed by atoms with van der Waals surface area (Å²) in [6.45, 7) is 7.47. The zero-order valence-corrected chi connectivity index (χ0v) is 12.7. The van der Waals surface area contributed by atoms with Crippen LogP contribution < -0.4 is 5.32 Å². The molecule has 0 atom stereocenters. The Kier molecular flexibility index (Phi) is 7.20. The van der Waals surface area contributed by atoms with E-state index in [0.717, 1.165) is 6.54 Å². The second-order valence-corrected chi connectivity index (χ2v) is 4.88. The Morgan fingerprint density at radius 2 is 1.79 bits per heavy atom. The van der Waals surface area contributed by atoms with Crippen molar-refractivity contribution < 1.29 is 0 Å². The van der Waals surface area contributed by atoms with E-state index in [0.29, 0.717) is 5.92 Å². The third-order valence-corrected chi connectivity index (χ3v) is 3.60. The molecule has 1 rings (SSSR count). The maximum Gasteiger partial charge on any atom is 0.0208 e. The fourth-order valence-corrected chi connectivity index (χ4v) is 2.39. The standard InChI is InChI=1S/C18H27N/c1-5-8-9-18(14-19-4)17-12-10-16(11-13-17)15(6-2)7-3/h5,8-13,15,19H,6-7,14H2,1-4H3/b8-5+,18-9+. The minimum Gasteiger partial charge on any atom is -0.316 e. The SMILES string of the molecule is C/C=C/C=C(\CNC)c1ccc(C(CC)CC)cc1. The van der Waals surface area contributed by atoms with E-state index in [2.05, 4.69) is 61.7 Å². The number of nitrogens with one attached hydrogen (secondary N) is 1. The van der Waals surface area contributed by atoms with E-state index in [9.17, 15) is 0 Å². The van der Waals surface area contributed by atoms with Crippen molar-refractivity contribution in [1.82, 2.24) is 5.32 Å². The summed E-state index contributed by atoms with van der Waals surface area (Å²) in [6.07, 6.45) is 8.78. The first-order valence-electron chi connectivity index (χ1n) is 7.33. The average Bonchev–Trinajstić information content (AvgIpc) is 2.45. The highest BCUT2D eigenvalue weighted by molar-refractivity contribution is 5.68. The van der Waals surface area contributed by atoms with Gasteiger partial charge in [-0.15, -0.1) is 0 Å². The van der Waals surface area contributed by atoms with Crippen LogP contribution in [0.1, 0.15) is 50.7 Å². The van der Waals surface area contributed by atoms with E-state index in [1.54, 1.807) is 0 Å². The van der Waals surface area contributed by atoms with Gasteiger partial charge in [0.25, 0.3) is 0 Å². The summed E-state index contributed by atoms with van der Waals surface area (Å²) in [5.41, 5.74) is 4.10. The van der Waals surface area contributed by atoms with E-state index in [1.165, 1.54) is 29.5 Å². The Hall–Kier alpha value is -1.34. The number of likely N-dealkylation sites (N-methyl/N-ethyl adjacent to an activating group) is 1. The molecule has 0 fully saturated rings. The predicted octanol–water partition coefficient (Wildman–Crippen LogP) is 4.77. The number of hydrogen-bond acceptors (Lipinski definition) is 1. The maximum atomic E-state index is 3.23. The Labute approximate surface area is 118 Å². The normalized spacial score (nSPS) is 12.6. The molecule has 0 saturated heterocycles. The Balaban J connectivity index is 2.94. The van der Waals surface area contributed by atoms with Gasteiger partial charge < -0.3 is 5.32 Å². The topological polar surface area (TPSA) is 12.0 Å². The van der Waals surface area contributed by atoms with Crippen molar-refractivity contribution in [1.29, 1.82) is 0 Å². The van der Waals surface area contributed by atoms with Gasteiger partial charge in [0.2, 0.25) is 0 Å². The molecular formula is C18H27N. The summed E-state index contributed by atoms with van der Waals surface area (Å²) in [5, 5.41) is 3.23. The van der Waals surface area contributed by atoms with Gasteiger partial charge >= 0.3 is 0 Å².